The van der Waals surface area contributed by atoms with Crippen LogP contribution in [0.3, 0.4) is 0 Å². The molecule has 1 atom stereocenters. The molecule has 0 aromatic carbocycles. The maximum atomic E-state index is 4.29. The van der Waals surface area contributed by atoms with Crippen molar-refractivity contribution in [2.24, 2.45) is 0 Å². The Morgan fingerprint density at radius 2 is 2.19 bits per heavy atom. The minimum atomic E-state index is 0.467. The van der Waals surface area contributed by atoms with Crippen LogP contribution in [-0.2, 0) is 6.42 Å². The summed E-state index contributed by atoms with van der Waals surface area (Å²) in [6.45, 7) is 6.60. The number of rotatable bonds is 4. The summed E-state index contributed by atoms with van der Waals surface area (Å²) in [4.78, 5) is 7.30. The highest BCUT2D eigenvalue weighted by molar-refractivity contribution is 5.15. The maximum Gasteiger partial charge on any atom is 0.0923 e. The molecule has 0 spiro atoms. The number of hydrogen-bond donors (Lipinski definition) is 1. The van der Waals surface area contributed by atoms with E-state index < -0.39 is 0 Å². The normalized spacial score (nSPS) is 13.2. The fourth-order valence-electron chi connectivity index (χ4n) is 1.90. The number of aromatic amines is 1. The van der Waals surface area contributed by atoms with E-state index in [9.17, 15) is 0 Å². The molecule has 16 heavy (non-hydrogen) atoms. The van der Waals surface area contributed by atoms with Crippen molar-refractivity contribution in [1.82, 2.24) is 14.5 Å². The smallest absolute Gasteiger partial charge is 0.0923 e. The van der Waals surface area contributed by atoms with E-state index in [1.165, 1.54) is 5.56 Å². The van der Waals surface area contributed by atoms with Gasteiger partial charge in [0.25, 0.3) is 0 Å². The molecule has 1 unspecified atom stereocenters. The molecule has 0 aliphatic rings. The third-order valence-electron chi connectivity index (χ3n) is 2.94. The molecule has 0 fully saturated rings. The zero-order valence-electron chi connectivity index (χ0n) is 10.1. The fraction of sp³-hybridized carbons (Fsp3) is 0.462. The predicted molar refractivity (Wildman–Crippen MR) is 65.5 cm³/mol. The quantitative estimate of drug-likeness (QED) is 0.838. The van der Waals surface area contributed by atoms with E-state index in [1.807, 2.05) is 6.20 Å². The van der Waals surface area contributed by atoms with Crippen LogP contribution in [-0.4, -0.2) is 14.5 Å². The standard InChI is InChI=1S/C13H19N3/c1-10(2)16-5-4-12(8-16)6-11(3)13-7-14-9-15-13/h4-5,7-11H,6H2,1-3H3,(H,14,15). The second-order valence-electron chi connectivity index (χ2n) is 4.66. The Morgan fingerprint density at radius 1 is 1.38 bits per heavy atom. The van der Waals surface area contributed by atoms with Gasteiger partial charge in [-0.25, -0.2) is 4.98 Å². The molecule has 1 N–H and O–H groups in total. The van der Waals surface area contributed by atoms with Crippen LogP contribution in [0.2, 0.25) is 0 Å². The summed E-state index contributed by atoms with van der Waals surface area (Å²) in [5, 5.41) is 0. The van der Waals surface area contributed by atoms with Gasteiger partial charge >= 0.3 is 0 Å². The summed E-state index contributed by atoms with van der Waals surface area (Å²) < 4.78 is 2.24. The molecule has 0 saturated heterocycles. The van der Waals surface area contributed by atoms with Crippen LogP contribution in [0.4, 0.5) is 0 Å². The van der Waals surface area contributed by atoms with Crippen molar-refractivity contribution < 1.29 is 0 Å². The lowest BCUT2D eigenvalue weighted by Crippen LogP contribution is -1.99. The Morgan fingerprint density at radius 3 is 2.75 bits per heavy atom. The molecule has 0 bridgehead atoms. The van der Waals surface area contributed by atoms with Gasteiger partial charge in [-0.2, -0.15) is 0 Å². The highest BCUT2D eigenvalue weighted by Gasteiger charge is 2.09. The highest BCUT2D eigenvalue weighted by Crippen LogP contribution is 2.19. The summed E-state index contributed by atoms with van der Waals surface area (Å²) >= 11 is 0. The Labute approximate surface area is 96.5 Å². The van der Waals surface area contributed by atoms with Gasteiger partial charge in [0.05, 0.1) is 12.0 Å². The van der Waals surface area contributed by atoms with Crippen molar-refractivity contribution in [2.75, 3.05) is 0 Å². The average molecular weight is 217 g/mol. The topological polar surface area (TPSA) is 33.6 Å². The number of hydrogen-bond acceptors (Lipinski definition) is 1. The van der Waals surface area contributed by atoms with E-state index in [1.54, 1.807) is 6.33 Å². The Hall–Kier alpha value is -1.51. The number of nitrogens with zero attached hydrogens (tertiary/aromatic N) is 2. The molecule has 0 saturated carbocycles. The molecular weight excluding hydrogens is 198 g/mol. The van der Waals surface area contributed by atoms with E-state index in [4.69, 9.17) is 0 Å². The van der Waals surface area contributed by atoms with Gasteiger partial charge < -0.3 is 9.55 Å². The molecule has 3 nitrogen and oxygen atoms in total. The fourth-order valence-corrected chi connectivity index (χ4v) is 1.90. The van der Waals surface area contributed by atoms with Crippen molar-refractivity contribution in [2.45, 2.75) is 39.2 Å². The van der Waals surface area contributed by atoms with E-state index in [0.29, 0.717) is 12.0 Å². The van der Waals surface area contributed by atoms with Crippen molar-refractivity contribution in [3.05, 3.63) is 42.2 Å². The van der Waals surface area contributed by atoms with Gasteiger partial charge in [0.2, 0.25) is 0 Å². The molecule has 0 aliphatic heterocycles. The first kappa shape index (κ1) is 11.0. The number of H-pyrrole nitrogens is 1. The minimum absolute atomic E-state index is 0.467. The van der Waals surface area contributed by atoms with Crippen LogP contribution in [0.15, 0.2) is 31.0 Å². The molecule has 2 heterocycles. The second-order valence-corrected chi connectivity index (χ2v) is 4.66. The van der Waals surface area contributed by atoms with Gasteiger partial charge in [0, 0.05) is 30.6 Å². The van der Waals surface area contributed by atoms with Crippen LogP contribution < -0.4 is 0 Å². The summed E-state index contributed by atoms with van der Waals surface area (Å²) in [7, 11) is 0. The maximum absolute atomic E-state index is 4.29. The molecular formula is C13H19N3. The van der Waals surface area contributed by atoms with Crippen LogP contribution in [0.1, 0.15) is 44.0 Å². The zero-order valence-corrected chi connectivity index (χ0v) is 10.1. The number of imidazole rings is 1. The summed E-state index contributed by atoms with van der Waals surface area (Å²) in [6.07, 6.45) is 9.14. The molecule has 3 heteroatoms. The molecule has 0 aliphatic carbocycles. The molecule has 2 rings (SSSR count). The van der Waals surface area contributed by atoms with E-state index >= 15 is 0 Å². The van der Waals surface area contributed by atoms with Gasteiger partial charge in [0.1, 0.15) is 0 Å². The molecule has 0 amide bonds. The Bertz CT molecular complexity index is 426. The van der Waals surface area contributed by atoms with Crippen LogP contribution >= 0.6 is 0 Å². The zero-order chi connectivity index (χ0) is 11.5. The van der Waals surface area contributed by atoms with Gasteiger partial charge in [0.15, 0.2) is 0 Å². The average Bonchev–Trinajstić information content (AvgIpc) is 2.87. The van der Waals surface area contributed by atoms with Crippen molar-refractivity contribution in [3.8, 4) is 0 Å². The predicted octanol–water partition coefficient (Wildman–Crippen LogP) is 3.14. The van der Waals surface area contributed by atoms with Crippen molar-refractivity contribution in [3.63, 3.8) is 0 Å². The molecule has 0 radical (unpaired) electrons. The van der Waals surface area contributed by atoms with Gasteiger partial charge in [-0.1, -0.05) is 6.92 Å². The third kappa shape index (κ3) is 2.35. The minimum Gasteiger partial charge on any atom is -0.352 e. The van der Waals surface area contributed by atoms with Gasteiger partial charge in [-0.3, -0.25) is 0 Å². The molecule has 86 valence electrons. The Balaban J connectivity index is 2.03. The van der Waals surface area contributed by atoms with E-state index in [2.05, 4.69) is 53.8 Å². The van der Waals surface area contributed by atoms with E-state index in [0.717, 1.165) is 12.1 Å². The number of aromatic nitrogens is 3. The monoisotopic (exact) mass is 217 g/mol. The second kappa shape index (κ2) is 4.56. The van der Waals surface area contributed by atoms with Crippen molar-refractivity contribution >= 4 is 0 Å². The molecule has 2 aromatic heterocycles. The summed E-state index contributed by atoms with van der Waals surface area (Å²) in [5.41, 5.74) is 2.52. The van der Waals surface area contributed by atoms with Crippen molar-refractivity contribution in [1.29, 1.82) is 0 Å². The lowest BCUT2D eigenvalue weighted by molar-refractivity contribution is 0.601. The van der Waals surface area contributed by atoms with Gasteiger partial charge in [-0.15, -0.1) is 0 Å². The lowest BCUT2D eigenvalue weighted by Gasteiger charge is -2.08. The first-order valence-electron chi connectivity index (χ1n) is 5.82. The first-order chi connectivity index (χ1) is 7.66. The largest absolute Gasteiger partial charge is 0.352 e. The number of nitrogens with one attached hydrogen (secondary N) is 1. The lowest BCUT2D eigenvalue weighted by atomic mass is 10.0. The SMILES string of the molecule is CC(Cc1ccn(C(C)C)c1)c1c[nH]cn1. The van der Waals surface area contributed by atoms with Crippen LogP contribution in [0, 0.1) is 0 Å². The third-order valence-corrected chi connectivity index (χ3v) is 2.94. The first-order valence-corrected chi connectivity index (χ1v) is 5.82. The Kier molecular flexibility index (Phi) is 3.13. The van der Waals surface area contributed by atoms with E-state index in [-0.39, 0.29) is 0 Å². The summed E-state index contributed by atoms with van der Waals surface area (Å²) in [6, 6.07) is 2.73. The summed E-state index contributed by atoms with van der Waals surface area (Å²) in [5.74, 6) is 0.467. The highest BCUT2D eigenvalue weighted by atomic mass is 15.0. The van der Waals surface area contributed by atoms with Crippen LogP contribution in [0.5, 0.6) is 0 Å². The van der Waals surface area contributed by atoms with Gasteiger partial charge in [-0.05, 0) is 31.9 Å². The van der Waals surface area contributed by atoms with Crippen LogP contribution in [0.25, 0.3) is 0 Å². The molecule has 2 aromatic rings.